The highest BCUT2D eigenvalue weighted by molar-refractivity contribution is 7.89. The Balaban J connectivity index is 1.89. The van der Waals surface area contributed by atoms with E-state index in [1.165, 1.54) is 28.6 Å². The number of para-hydroxylation sites is 1. The molecule has 0 radical (unpaired) electrons. The minimum atomic E-state index is -3.91. The molecular formula is C23H23ClN2O3S. The predicted molar refractivity (Wildman–Crippen MR) is 120 cm³/mol. The average Bonchev–Trinajstić information content (AvgIpc) is 2.69. The van der Waals surface area contributed by atoms with Gasteiger partial charge in [-0.25, -0.2) is 8.42 Å². The third-order valence-electron chi connectivity index (χ3n) is 4.63. The van der Waals surface area contributed by atoms with Crippen molar-refractivity contribution in [3.8, 4) is 0 Å². The van der Waals surface area contributed by atoms with Crippen molar-refractivity contribution < 1.29 is 13.2 Å². The van der Waals surface area contributed by atoms with Gasteiger partial charge in [0, 0.05) is 17.3 Å². The first-order chi connectivity index (χ1) is 14.3. The molecule has 0 aliphatic rings. The van der Waals surface area contributed by atoms with Crippen LogP contribution in [0.3, 0.4) is 0 Å². The van der Waals surface area contributed by atoms with Gasteiger partial charge in [0.2, 0.25) is 15.9 Å². The van der Waals surface area contributed by atoms with Crippen LogP contribution in [0.25, 0.3) is 0 Å². The molecule has 5 nitrogen and oxygen atoms in total. The summed E-state index contributed by atoms with van der Waals surface area (Å²) in [5, 5.41) is 3.25. The Morgan fingerprint density at radius 3 is 2.33 bits per heavy atom. The molecule has 0 bridgehead atoms. The summed E-state index contributed by atoms with van der Waals surface area (Å²) in [6, 6.07) is 20.8. The molecule has 0 fully saturated rings. The number of anilines is 1. The molecule has 0 heterocycles. The highest BCUT2D eigenvalue weighted by Crippen LogP contribution is 2.21. The summed E-state index contributed by atoms with van der Waals surface area (Å²) in [6.07, 6.45) is 0. The van der Waals surface area contributed by atoms with Crippen molar-refractivity contribution in [1.82, 2.24) is 4.31 Å². The van der Waals surface area contributed by atoms with Gasteiger partial charge in [-0.15, -0.1) is 0 Å². The van der Waals surface area contributed by atoms with E-state index in [4.69, 9.17) is 11.6 Å². The van der Waals surface area contributed by atoms with Crippen LogP contribution in [0, 0.1) is 13.8 Å². The van der Waals surface area contributed by atoms with Gasteiger partial charge in [-0.3, -0.25) is 4.79 Å². The number of hydrogen-bond acceptors (Lipinski definition) is 3. The van der Waals surface area contributed by atoms with E-state index in [9.17, 15) is 13.2 Å². The van der Waals surface area contributed by atoms with Gasteiger partial charge in [0.15, 0.2) is 0 Å². The first-order valence-electron chi connectivity index (χ1n) is 9.42. The molecule has 0 saturated carbocycles. The Bertz CT molecular complexity index is 1150. The molecule has 0 unspecified atom stereocenters. The molecular weight excluding hydrogens is 420 g/mol. The minimum Gasteiger partial charge on any atom is -0.325 e. The summed E-state index contributed by atoms with van der Waals surface area (Å²) < 4.78 is 27.8. The molecule has 0 spiro atoms. The summed E-state index contributed by atoms with van der Waals surface area (Å²) in [5.74, 6) is -0.408. The van der Waals surface area contributed by atoms with E-state index >= 15 is 0 Å². The molecule has 0 saturated heterocycles. The Labute approximate surface area is 182 Å². The molecule has 0 atom stereocenters. The van der Waals surface area contributed by atoms with Gasteiger partial charge in [0.25, 0.3) is 0 Å². The topological polar surface area (TPSA) is 66.5 Å². The average molecular weight is 443 g/mol. The minimum absolute atomic E-state index is 0.0772. The molecule has 0 aliphatic carbocycles. The smallest absolute Gasteiger partial charge is 0.243 e. The number of carbonyl (C=O) groups excluding carboxylic acids is 1. The maximum atomic E-state index is 13.3. The number of benzene rings is 3. The van der Waals surface area contributed by atoms with Gasteiger partial charge in [0.05, 0.1) is 11.4 Å². The number of halogens is 1. The summed E-state index contributed by atoms with van der Waals surface area (Å²) in [6.45, 7) is 3.58. The van der Waals surface area contributed by atoms with Crippen LogP contribution in [0.4, 0.5) is 5.69 Å². The molecule has 0 aromatic heterocycles. The quantitative estimate of drug-likeness (QED) is 0.572. The Morgan fingerprint density at radius 1 is 0.967 bits per heavy atom. The van der Waals surface area contributed by atoms with Crippen LogP contribution in [0.2, 0.25) is 5.02 Å². The van der Waals surface area contributed by atoms with Gasteiger partial charge in [-0.1, -0.05) is 59.6 Å². The van der Waals surface area contributed by atoms with E-state index in [0.717, 1.165) is 16.7 Å². The lowest BCUT2D eigenvalue weighted by Gasteiger charge is -2.22. The zero-order valence-corrected chi connectivity index (χ0v) is 18.4. The lowest BCUT2D eigenvalue weighted by Crippen LogP contribution is -2.37. The molecule has 1 N–H and O–H groups in total. The number of carbonyl (C=O) groups is 1. The lowest BCUT2D eigenvalue weighted by molar-refractivity contribution is -0.116. The molecule has 0 aliphatic heterocycles. The van der Waals surface area contributed by atoms with Gasteiger partial charge in [-0.05, 0) is 55.3 Å². The highest BCUT2D eigenvalue weighted by Gasteiger charge is 2.27. The van der Waals surface area contributed by atoms with E-state index in [1.54, 1.807) is 6.07 Å². The fraction of sp³-hybridized carbons (Fsp3) is 0.174. The van der Waals surface area contributed by atoms with Crippen molar-refractivity contribution in [2.75, 3.05) is 11.9 Å². The zero-order chi connectivity index (χ0) is 21.7. The van der Waals surface area contributed by atoms with Gasteiger partial charge in [0.1, 0.15) is 0 Å². The summed E-state index contributed by atoms with van der Waals surface area (Å²) in [5.41, 5.74) is 3.37. The predicted octanol–water partition coefficient (Wildman–Crippen LogP) is 4.79. The maximum absolute atomic E-state index is 13.3. The number of amides is 1. The van der Waals surface area contributed by atoms with Crippen molar-refractivity contribution in [2.45, 2.75) is 25.3 Å². The number of rotatable bonds is 7. The SMILES string of the molecule is Cc1cccc(CN(CC(=O)Nc2ccccc2C)S(=O)(=O)c2ccc(Cl)cc2)c1. The number of aryl methyl sites for hydroxylation is 2. The van der Waals surface area contributed by atoms with Crippen molar-refractivity contribution in [3.63, 3.8) is 0 Å². The van der Waals surface area contributed by atoms with Gasteiger partial charge >= 0.3 is 0 Å². The van der Waals surface area contributed by atoms with E-state index in [0.29, 0.717) is 10.7 Å². The van der Waals surface area contributed by atoms with Crippen LogP contribution in [0.15, 0.2) is 77.7 Å². The summed E-state index contributed by atoms with van der Waals surface area (Å²) >= 11 is 5.91. The molecule has 7 heteroatoms. The second-order valence-corrected chi connectivity index (χ2v) is 9.45. The molecule has 1 amide bonds. The normalized spacial score (nSPS) is 11.5. The summed E-state index contributed by atoms with van der Waals surface area (Å²) in [7, 11) is -3.91. The van der Waals surface area contributed by atoms with Crippen LogP contribution in [0.1, 0.15) is 16.7 Å². The molecule has 3 aromatic rings. The van der Waals surface area contributed by atoms with Crippen molar-refractivity contribution in [1.29, 1.82) is 0 Å². The Morgan fingerprint density at radius 2 is 1.67 bits per heavy atom. The monoisotopic (exact) mass is 442 g/mol. The largest absolute Gasteiger partial charge is 0.325 e. The van der Waals surface area contributed by atoms with E-state index in [1.807, 2.05) is 56.3 Å². The van der Waals surface area contributed by atoms with E-state index in [-0.39, 0.29) is 18.0 Å². The number of hydrogen-bond donors (Lipinski definition) is 1. The molecule has 30 heavy (non-hydrogen) atoms. The fourth-order valence-corrected chi connectivity index (χ4v) is 4.57. The van der Waals surface area contributed by atoms with Gasteiger partial charge in [-0.2, -0.15) is 4.31 Å². The highest BCUT2D eigenvalue weighted by atomic mass is 35.5. The lowest BCUT2D eigenvalue weighted by atomic mass is 10.1. The molecule has 3 rings (SSSR count). The Kier molecular flexibility index (Phi) is 6.92. The zero-order valence-electron chi connectivity index (χ0n) is 16.8. The standard InChI is InChI=1S/C23H23ClN2O3S/c1-17-6-5-8-19(14-17)15-26(30(28,29)21-12-10-20(24)11-13-21)16-23(27)25-22-9-4-3-7-18(22)2/h3-14H,15-16H2,1-2H3,(H,25,27). The van der Waals surface area contributed by atoms with Crippen LogP contribution >= 0.6 is 11.6 Å². The van der Waals surface area contributed by atoms with Crippen LogP contribution < -0.4 is 5.32 Å². The first kappa shape index (κ1) is 22.0. The number of nitrogens with zero attached hydrogens (tertiary/aromatic N) is 1. The van der Waals surface area contributed by atoms with E-state index < -0.39 is 15.9 Å². The van der Waals surface area contributed by atoms with E-state index in [2.05, 4.69) is 5.32 Å². The first-order valence-corrected chi connectivity index (χ1v) is 11.2. The second-order valence-electron chi connectivity index (χ2n) is 7.08. The fourth-order valence-electron chi connectivity index (χ4n) is 3.06. The summed E-state index contributed by atoms with van der Waals surface area (Å²) in [4.78, 5) is 12.8. The third kappa shape index (κ3) is 5.48. The third-order valence-corrected chi connectivity index (χ3v) is 6.69. The van der Waals surface area contributed by atoms with Crippen LogP contribution in [-0.4, -0.2) is 25.2 Å². The van der Waals surface area contributed by atoms with Crippen LogP contribution in [-0.2, 0) is 21.4 Å². The molecule has 3 aromatic carbocycles. The van der Waals surface area contributed by atoms with Crippen LogP contribution in [0.5, 0.6) is 0 Å². The number of sulfonamides is 1. The van der Waals surface area contributed by atoms with Gasteiger partial charge < -0.3 is 5.32 Å². The van der Waals surface area contributed by atoms with Crippen molar-refractivity contribution in [2.24, 2.45) is 0 Å². The van der Waals surface area contributed by atoms with Crippen molar-refractivity contribution >= 4 is 33.2 Å². The number of nitrogens with one attached hydrogen (secondary N) is 1. The molecule has 156 valence electrons. The van der Waals surface area contributed by atoms with Crippen molar-refractivity contribution in [3.05, 3.63) is 94.5 Å². The maximum Gasteiger partial charge on any atom is 0.243 e. The second kappa shape index (κ2) is 9.43. The Hall–Kier alpha value is -2.67.